The van der Waals surface area contributed by atoms with Gasteiger partial charge in [-0.15, -0.1) is 0 Å². The normalized spacial score (nSPS) is 19.6. The van der Waals surface area contributed by atoms with Crippen LogP contribution in [0.15, 0.2) is 29.2 Å². The van der Waals surface area contributed by atoms with Crippen LogP contribution in [0.25, 0.3) is 0 Å². The molecule has 27 heavy (non-hydrogen) atoms. The lowest BCUT2D eigenvalue weighted by Crippen LogP contribution is -2.42. The number of carbonyl (C=O) groups is 1. The maximum atomic E-state index is 12.9. The molecule has 0 aliphatic carbocycles. The minimum absolute atomic E-state index is 0.0203. The largest absolute Gasteiger partial charge is 0.336 e. The number of carbonyl (C=O) groups excluding carboxylic acids is 1. The van der Waals surface area contributed by atoms with Gasteiger partial charge in [-0.1, -0.05) is 26.7 Å². The SMILES string of the molecule is CCCCN(C(=O)c1ccc(S(=O)(=O)N2CCCCC2C)cc1)C(C)CC. The van der Waals surface area contributed by atoms with Crippen LogP contribution in [0.4, 0.5) is 0 Å². The number of piperidine rings is 1. The summed E-state index contributed by atoms with van der Waals surface area (Å²) < 4.78 is 27.5. The number of rotatable bonds is 8. The highest BCUT2D eigenvalue weighted by molar-refractivity contribution is 7.89. The van der Waals surface area contributed by atoms with Crippen molar-refractivity contribution >= 4 is 15.9 Å². The van der Waals surface area contributed by atoms with Crippen LogP contribution in [0, 0.1) is 0 Å². The van der Waals surface area contributed by atoms with E-state index in [1.165, 1.54) is 0 Å². The monoisotopic (exact) mass is 394 g/mol. The van der Waals surface area contributed by atoms with E-state index in [9.17, 15) is 13.2 Å². The molecular weight excluding hydrogens is 360 g/mol. The van der Waals surface area contributed by atoms with E-state index in [0.29, 0.717) is 12.1 Å². The molecule has 2 atom stereocenters. The number of nitrogens with zero attached hydrogens (tertiary/aromatic N) is 2. The van der Waals surface area contributed by atoms with Gasteiger partial charge in [0.25, 0.3) is 5.91 Å². The molecule has 1 aromatic carbocycles. The molecule has 1 fully saturated rings. The zero-order valence-electron chi connectivity index (χ0n) is 17.1. The summed E-state index contributed by atoms with van der Waals surface area (Å²) in [4.78, 5) is 15.1. The van der Waals surface area contributed by atoms with E-state index in [-0.39, 0.29) is 22.9 Å². The maximum Gasteiger partial charge on any atom is 0.254 e. The van der Waals surface area contributed by atoms with Crippen LogP contribution in [0.3, 0.4) is 0 Å². The minimum atomic E-state index is -3.50. The first-order valence-corrected chi connectivity index (χ1v) is 11.7. The predicted molar refractivity (Wildman–Crippen MR) is 109 cm³/mol. The van der Waals surface area contributed by atoms with Crippen LogP contribution in [0.2, 0.25) is 0 Å². The van der Waals surface area contributed by atoms with E-state index < -0.39 is 10.0 Å². The molecule has 2 rings (SSSR count). The summed E-state index contributed by atoms with van der Waals surface area (Å²) >= 11 is 0. The molecule has 2 unspecified atom stereocenters. The maximum absolute atomic E-state index is 12.9. The molecule has 0 spiro atoms. The average molecular weight is 395 g/mol. The van der Waals surface area contributed by atoms with Crippen molar-refractivity contribution in [3.05, 3.63) is 29.8 Å². The Hall–Kier alpha value is -1.40. The number of unbranched alkanes of at least 4 members (excludes halogenated alkanes) is 1. The molecule has 1 saturated heterocycles. The topological polar surface area (TPSA) is 57.7 Å². The third-order valence-electron chi connectivity index (χ3n) is 5.59. The first-order chi connectivity index (χ1) is 12.8. The average Bonchev–Trinajstić information content (AvgIpc) is 2.68. The molecule has 5 nitrogen and oxygen atoms in total. The van der Waals surface area contributed by atoms with Gasteiger partial charge in [0.05, 0.1) is 4.90 Å². The molecule has 0 radical (unpaired) electrons. The van der Waals surface area contributed by atoms with Crippen molar-refractivity contribution < 1.29 is 13.2 Å². The molecule has 152 valence electrons. The second kappa shape index (κ2) is 9.69. The van der Waals surface area contributed by atoms with Crippen LogP contribution in [-0.2, 0) is 10.0 Å². The van der Waals surface area contributed by atoms with Crippen LogP contribution in [0.1, 0.15) is 76.6 Å². The first kappa shape index (κ1) is 21.9. The molecule has 1 heterocycles. The Balaban J connectivity index is 2.21. The molecule has 0 aromatic heterocycles. The van der Waals surface area contributed by atoms with E-state index in [1.54, 1.807) is 28.6 Å². The molecule has 6 heteroatoms. The highest BCUT2D eigenvalue weighted by atomic mass is 32.2. The smallest absolute Gasteiger partial charge is 0.254 e. The lowest BCUT2D eigenvalue weighted by atomic mass is 10.1. The third-order valence-corrected chi connectivity index (χ3v) is 7.61. The van der Waals surface area contributed by atoms with Gasteiger partial charge in [-0.2, -0.15) is 4.31 Å². The van der Waals surface area contributed by atoms with E-state index in [1.807, 2.05) is 11.8 Å². The van der Waals surface area contributed by atoms with Crippen LogP contribution >= 0.6 is 0 Å². The van der Waals surface area contributed by atoms with Crippen molar-refractivity contribution in [2.45, 2.75) is 83.2 Å². The van der Waals surface area contributed by atoms with Gasteiger partial charge in [0.1, 0.15) is 0 Å². The number of benzene rings is 1. The van der Waals surface area contributed by atoms with E-state index in [2.05, 4.69) is 20.8 Å². The molecule has 1 aliphatic rings. The summed E-state index contributed by atoms with van der Waals surface area (Å²) in [5.41, 5.74) is 0.553. The highest BCUT2D eigenvalue weighted by Crippen LogP contribution is 2.25. The third kappa shape index (κ3) is 5.11. The number of hydrogen-bond donors (Lipinski definition) is 0. The molecule has 0 saturated carbocycles. The van der Waals surface area contributed by atoms with Gasteiger partial charge in [-0.05, 0) is 63.8 Å². The quantitative estimate of drug-likeness (QED) is 0.661. The fourth-order valence-electron chi connectivity index (χ4n) is 3.57. The second-order valence-corrected chi connectivity index (χ2v) is 9.48. The van der Waals surface area contributed by atoms with Gasteiger partial charge in [0, 0.05) is 30.7 Å². The van der Waals surface area contributed by atoms with E-state index in [0.717, 1.165) is 45.1 Å². The number of hydrogen-bond acceptors (Lipinski definition) is 3. The zero-order valence-corrected chi connectivity index (χ0v) is 18.0. The molecule has 1 aliphatic heterocycles. The Morgan fingerprint density at radius 1 is 1.22 bits per heavy atom. The van der Waals surface area contributed by atoms with Crippen LogP contribution in [-0.4, -0.2) is 48.7 Å². The Bertz CT molecular complexity index is 715. The molecule has 1 amide bonds. The van der Waals surface area contributed by atoms with Gasteiger partial charge in [-0.25, -0.2) is 8.42 Å². The van der Waals surface area contributed by atoms with Crippen molar-refractivity contribution in [3.8, 4) is 0 Å². The van der Waals surface area contributed by atoms with Gasteiger partial charge < -0.3 is 4.90 Å². The summed E-state index contributed by atoms with van der Waals surface area (Å²) in [6.45, 7) is 9.52. The fraction of sp³-hybridized carbons (Fsp3) is 0.667. The standard InChI is InChI=1S/C21H34N2O3S/c1-5-7-15-22(17(3)6-2)21(24)19-11-13-20(14-12-19)27(25,26)23-16-9-8-10-18(23)4/h11-14,17-18H,5-10,15-16H2,1-4H3. The lowest BCUT2D eigenvalue weighted by molar-refractivity contribution is 0.0685. The summed E-state index contributed by atoms with van der Waals surface area (Å²) in [6, 6.07) is 6.68. The predicted octanol–water partition coefficient (Wildman–Crippen LogP) is 4.29. The van der Waals surface area contributed by atoms with E-state index >= 15 is 0 Å². The van der Waals surface area contributed by atoms with Gasteiger partial charge >= 0.3 is 0 Å². The fourth-order valence-corrected chi connectivity index (χ4v) is 5.27. The first-order valence-electron chi connectivity index (χ1n) is 10.3. The number of amides is 1. The number of sulfonamides is 1. The molecule has 0 bridgehead atoms. The summed E-state index contributed by atoms with van der Waals surface area (Å²) in [5.74, 6) is -0.0203. The van der Waals surface area contributed by atoms with Crippen molar-refractivity contribution in [3.63, 3.8) is 0 Å². The van der Waals surface area contributed by atoms with Crippen LogP contribution in [0.5, 0.6) is 0 Å². The van der Waals surface area contributed by atoms with E-state index in [4.69, 9.17) is 0 Å². The summed E-state index contributed by atoms with van der Waals surface area (Å²) in [7, 11) is -3.50. The Labute approximate surface area is 164 Å². The Morgan fingerprint density at radius 3 is 2.44 bits per heavy atom. The molecule has 1 aromatic rings. The second-order valence-electron chi connectivity index (χ2n) is 7.59. The summed E-state index contributed by atoms with van der Waals surface area (Å²) in [5, 5.41) is 0. The van der Waals surface area contributed by atoms with Crippen molar-refractivity contribution in [2.24, 2.45) is 0 Å². The van der Waals surface area contributed by atoms with Gasteiger partial charge in [0.15, 0.2) is 0 Å². The van der Waals surface area contributed by atoms with Crippen molar-refractivity contribution in [1.82, 2.24) is 9.21 Å². The van der Waals surface area contributed by atoms with Gasteiger partial charge in [-0.3, -0.25) is 4.79 Å². The van der Waals surface area contributed by atoms with Crippen molar-refractivity contribution in [1.29, 1.82) is 0 Å². The molecule has 0 N–H and O–H groups in total. The Morgan fingerprint density at radius 2 is 1.89 bits per heavy atom. The van der Waals surface area contributed by atoms with Gasteiger partial charge in [0.2, 0.25) is 10.0 Å². The van der Waals surface area contributed by atoms with Crippen LogP contribution < -0.4 is 0 Å². The summed E-state index contributed by atoms with van der Waals surface area (Å²) in [6.07, 6.45) is 5.78. The lowest BCUT2D eigenvalue weighted by Gasteiger charge is -2.32. The minimum Gasteiger partial charge on any atom is -0.336 e. The highest BCUT2D eigenvalue weighted by Gasteiger charge is 2.31. The Kier molecular flexibility index (Phi) is 7.86. The molecular formula is C21H34N2O3S. The zero-order chi connectivity index (χ0) is 20.0. The van der Waals surface area contributed by atoms with Crippen molar-refractivity contribution in [2.75, 3.05) is 13.1 Å².